The molecule has 1 N–H and O–H groups in total. The fourth-order valence-electron chi connectivity index (χ4n) is 4.35. The van der Waals surface area contributed by atoms with Crippen molar-refractivity contribution in [3.63, 3.8) is 0 Å². The van der Waals surface area contributed by atoms with Crippen LogP contribution in [0.25, 0.3) is 0 Å². The van der Waals surface area contributed by atoms with Crippen LogP contribution in [0.3, 0.4) is 0 Å². The third-order valence-corrected chi connectivity index (χ3v) is 5.98. The molecule has 0 saturated heterocycles. The van der Waals surface area contributed by atoms with Crippen LogP contribution in [-0.2, 0) is 16.1 Å². The molecule has 2 aliphatic heterocycles. The van der Waals surface area contributed by atoms with E-state index in [9.17, 15) is 9.59 Å². The molecule has 0 spiro atoms. The standard InChI is InChI=1S/C26H32N4O3/c1-4-29-21-8-5-6-9-22(21)30-16-14-23(31)24(26(29)30)25(32)27-18-19-10-12-20(13-11-19)33-17-7-15-28(2)3/h5-6,8-13H,4,7,14-18H2,1-3H3,(H,27,32). The number of rotatable bonds is 9. The van der Waals surface area contributed by atoms with Crippen molar-refractivity contribution in [3.05, 3.63) is 65.5 Å². The summed E-state index contributed by atoms with van der Waals surface area (Å²) in [7, 11) is 4.09. The Morgan fingerprint density at radius 1 is 1.09 bits per heavy atom. The summed E-state index contributed by atoms with van der Waals surface area (Å²) in [4.78, 5) is 32.3. The van der Waals surface area contributed by atoms with Gasteiger partial charge in [-0.05, 0) is 57.3 Å². The molecule has 2 aromatic rings. The molecule has 33 heavy (non-hydrogen) atoms. The average molecular weight is 449 g/mol. The Labute approximate surface area is 195 Å². The zero-order valence-corrected chi connectivity index (χ0v) is 19.6. The van der Waals surface area contributed by atoms with Crippen molar-refractivity contribution in [2.24, 2.45) is 0 Å². The van der Waals surface area contributed by atoms with Gasteiger partial charge in [0.15, 0.2) is 5.78 Å². The van der Waals surface area contributed by atoms with E-state index in [4.69, 9.17) is 4.74 Å². The van der Waals surface area contributed by atoms with E-state index in [1.54, 1.807) is 0 Å². The monoisotopic (exact) mass is 448 g/mol. The minimum atomic E-state index is -0.324. The van der Waals surface area contributed by atoms with E-state index >= 15 is 0 Å². The number of ketones is 1. The van der Waals surface area contributed by atoms with E-state index in [1.807, 2.05) is 69.6 Å². The number of carbonyl (C=O) groups excluding carboxylic acids is 2. The first-order valence-electron chi connectivity index (χ1n) is 11.6. The first kappa shape index (κ1) is 22.9. The second-order valence-electron chi connectivity index (χ2n) is 8.59. The van der Waals surface area contributed by atoms with Crippen molar-refractivity contribution < 1.29 is 14.3 Å². The summed E-state index contributed by atoms with van der Waals surface area (Å²) in [5.74, 6) is 1.09. The Hall–Kier alpha value is -3.32. The maximum absolute atomic E-state index is 13.2. The Morgan fingerprint density at radius 2 is 1.82 bits per heavy atom. The smallest absolute Gasteiger partial charge is 0.258 e. The largest absolute Gasteiger partial charge is 0.494 e. The zero-order chi connectivity index (χ0) is 23.4. The Kier molecular flexibility index (Phi) is 6.99. The predicted molar refractivity (Wildman–Crippen MR) is 130 cm³/mol. The van der Waals surface area contributed by atoms with Crippen LogP contribution in [0.15, 0.2) is 59.9 Å². The van der Waals surface area contributed by atoms with Gasteiger partial charge in [-0.15, -0.1) is 0 Å². The van der Waals surface area contributed by atoms with Crippen molar-refractivity contribution in [3.8, 4) is 5.75 Å². The molecule has 7 heteroatoms. The van der Waals surface area contributed by atoms with Crippen LogP contribution in [0.4, 0.5) is 11.4 Å². The third-order valence-electron chi connectivity index (χ3n) is 5.98. The number of fused-ring (bicyclic) bond motifs is 3. The number of amides is 1. The summed E-state index contributed by atoms with van der Waals surface area (Å²) in [5.41, 5.74) is 3.29. The molecule has 0 fully saturated rings. The van der Waals surface area contributed by atoms with Crippen LogP contribution in [-0.4, -0.2) is 56.9 Å². The van der Waals surface area contributed by atoms with E-state index in [-0.39, 0.29) is 17.3 Å². The predicted octanol–water partition coefficient (Wildman–Crippen LogP) is 3.16. The van der Waals surface area contributed by atoms with Crippen LogP contribution < -0.4 is 19.9 Å². The SMILES string of the molecule is CCN1C2=C(C(=O)NCc3ccc(OCCCN(C)C)cc3)C(=O)CCN2c2ccccc21. The highest BCUT2D eigenvalue weighted by molar-refractivity contribution is 6.22. The lowest BCUT2D eigenvalue weighted by Crippen LogP contribution is -2.42. The van der Waals surface area contributed by atoms with Gasteiger partial charge in [-0.1, -0.05) is 24.3 Å². The molecule has 2 heterocycles. The van der Waals surface area contributed by atoms with E-state index in [2.05, 4.69) is 20.0 Å². The number of hydrogen-bond acceptors (Lipinski definition) is 6. The summed E-state index contributed by atoms with van der Waals surface area (Å²) in [6.07, 6.45) is 1.30. The molecular formula is C26H32N4O3. The molecule has 0 unspecified atom stereocenters. The quantitative estimate of drug-likeness (QED) is 0.470. The molecule has 0 atom stereocenters. The van der Waals surface area contributed by atoms with E-state index < -0.39 is 0 Å². The van der Waals surface area contributed by atoms with Crippen molar-refractivity contribution in [2.45, 2.75) is 26.3 Å². The highest BCUT2D eigenvalue weighted by atomic mass is 16.5. The fourth-order valence-corrected chi connectivity index (χ4v) is 4.35. The summed E-state index contributed by atoms with van der Waals surface area (Å²) in [6.45, 7) is 5.31. The van der Waals surface area contributed by atoms with Crippen LogP contribution >= 0.6 is 0 Å². The zero-order valence-electron chi connectivity index (χ0n) is 19.6. The van der Waals surface area contributed by atoms with Crippen LogP contribution in [0.1, 0.15) is 25.3 Å². The molecule has 0 aromatic heterocycles. The second kappa shape index (κ2) is 10.1. The van der Waals surface area contributed by atoms with Gasteiger partial charge >= 0.3 is 0 Å². The van der Waals surface area contributed by atoms with E-state index in [0.717, 1.165) is 35.7 Å². The lowest BCUT2D eigenvalue weighted by Gasteiger charge is -2.30. The van der Waals surface area contributed by atoms with Gasteiger partial charge in [0.1, 0.15) is 17.1 Å². The van der Waals surface area contributed by atoms with Crippen LogP contribution in [0.2, 0.25) is 0 Å². The molecule has 2 aromatic carbocycles. The minimum Gasteiger partial charge on any atom is -0.494 e. The Morgan fingerprint density at radius 3 is 2.52 bits per heavy atom. The van der Waals surface area contributed by atoms with Gasteiger partial charge in [-0.2, -0.15) is 0 Å². The maximum atomic E-state index is 13.2. The molecule has 0 bridgehead atoms. The average Bonchev–Trinajstić information content (AvgIpc) is 3.14. The molecule has 1 amide bonds. The number of para-hydroxylation sites is 2. The van der Waals surface area contributed by atoms with Gasteiger partial charge in [0, 0.05) is 32.6 Å². The highest BCUT2D eigenvalue weighted by Crippen LogP contribution is 2.44. The van der Waals surface area contributed by atoms with Gasteiger partial charge < -0.3 is 24.8 Å². The second-order valence-corrected chi connectivity index (χ2v) is 8.59. The Bertz CT molecular complexity index is 1030. The summed E-state index contributed by atoms with van der Waals surface area (Å²) in [6, 6.07) is 15.8. The van der Waals surface area contributed by atoms with Crippen molar-refractivity contribution in [1.82, 2.24) is 10.2 Å². The van der Waals surface area contributed by atoms with Gasteiger partial charge in [0.05, 0.1) is 18.0 Å². The summed E-state index contributed by atoms with van der Waals surface area (Å²) in [5, 5.41) is 2.95. The van der Waals surface area contributed by atoms with Gasteiger partial charge in [0.25, 0.3) is 5.91 Å². The molecule has 2 aliphatic rings. The maximum Gasteiger partial charge on any atom is 0.258 e. The summed E-state index contributed by atoms with van der Waals surface area (Å²) >= 11 is 0. The van der Waals surface area contributed by atoms with Crippen LogP contribution in [0, 0.1) is 0 Å². The number of nitrogens with one attached hydrogen (secondary N) is 1. The number of carbonyl (C=O) groups is 2. The molecule has 174 valence electrons. The number of ether oxygens (including phenoxy) is 1. The number of benzene rings is 2. The lowest BCUT2D eigenvalue weighted by atomic mass is 10.0. The number of hydrogen-bond donors (Lipinski definition) is 1. The minimum absolute atomic E-state index is 0.105. The molecule has 0 aliphatic carbocycles. The summed E-state index contributed by atoms with van der Waals surface area (Å²) < 4.78 is 5.77. The lowest BCUT2D eigenvalue weighted by molar-refractivity contribution is -0.123. The highest BCUT2D eigenvalue weighted by Gasteiger charge is 2.40. The third kappa shape index (κ3) is 4.88. The molecule has 0 radical (unpaired) electrons. The van der Waals surface area contributed by atoms with E-state index in [1.165, 1.54) is 0 Å². The topological polar surface area (TPSA) is 65.1 Å². The molecule has 0 saturated carbocycles. The van der Waals surface area contributed by atoms with Crippen LogP contribution in [0.5, 0.6) is 5.75 Å². The first-order valence-corrected chi connectivity index (χ1v) is 11.6. The van der Waals surface area contributed by atoms with Crippen molar-refractivity contribution in [2.75, 3.05) is 50.1 Å². The molecular weight excluding hydrogens is 416 g/mol. The van der Waals surface area contributed by atoms with Gasteiger partial charge in [-0.3, -0.25) is 9.59 Å². The van der Waals surface area contributed by atoms with E-state index in [0.29, 0.717) is 38.5 Å². The number of Topliss-reactive ketones (excluding diaryl/α,β-unsaturated/α-hetero) is 1. The van der Waals surface area contributed by atoms with Crippen molar-refractivity contribution in [1.29, 1.82) is 0 Å². The number of nitrogens with zero attached hydrogens (tertiary/aromatic N) is 3. The fraction of sp³-hybridized carbons (Fsp3) is 0.385. The van der Waals surface area contributed by atoms with Gasteiger partial charge in [-0.25, -0.2) is 0 Å². The normalized spacial score (nSPS) is 15.1. The van der Waals surface area contributed by atoms with Crippen molar-refractivity contribution >= 4 is 23.1 Å². The Balaban J connectivity index is 1.43. The first-order chi connectivity index (χ1) is 16.0. The molecule has 7 nitrogen and oxygen atoms in total. The molecule has 4 rings (SSSR count). The number of anilines is 2. The van der Waals surface area contributed by atoms with Gasteiger partial charge in [0.2, 0.25) is 0 Å².